The van der Waals surface area contributed by atoms with Gasteiger partial charge in [0.05, 0.1) is 5.38 Å². The second-order valence-corrected chi connectivity index (χ2v) is 6.16. The normalized spacial score (nSPS) is 18.8. The summed E-state index contributed by atoms with van der Waals surface area (Å²) in [4.78, 5) is 0. The van der Waals surface area contributed by atoms with Crippen LogP contribution in [-0.2, 0) is 0 Å². The Kier molecular flexibility index (Phi) is 3.25. The highest BCUT2D eigenvalue weighted by molar-refractivity contribution is 6.35. The van der Waals surface area contributed by atoms with Gasteiger partial charge in [-0.3, -0.25) is 0 Å². The van der Waals surface area contributed by atoms with Gasteiger partial charge in [-0.25, -0.2) is 0 Å². The van der Waals surface area contributed by atoms with Gasteiger partial charge in [0.2, 0.25) is 0 Å². The van der Waals surface area contributed by atoms with Gasteiger partial charge in [0.25, 0.3) is 0 Å². The van der Waals surface area contributed by atoms with Gasteiger partial charge in [-0.05, 0) is 41.7 Å². The Labute approximate surface area is 118 Å². The maximum atomic E-state index is 6.68. The molecule has 2 unspecified atom stereocenters. The predicted octanol–water partition coefficient (Wildman–Crippen LogP) is 5.82. The minimum absolute atomic E-state index is 0.0830. The summed E-state index contributed by atoms with van der Waals surface area (Å²) in [7, 11) is 0. The van der Waals surface area contributed by atoms with Crippen molar-refractivity contribution in [3.05, 3.63) is 47.0 Å². The van der Waals surface area contributed by atoms with Crippen molar-refractivity contribution < 1.29 is 0 Å². The lowest BCUT2D eigenvalue weighted by molar-refractivity contribution is 0.493. The van der Waals surface area contributed by atoms with Gasteiger partial charge >= 0.3 is 0 Å². The van der Waals surface area contributed by atoms with Crippen LogP contribution < -0.4 is 0 Å². The zero-order valence-electron chi connectivity index (χ0n) is 10.4. The molecule has 1 saturated carbocycles. The van der Waals surface area contributed by atoms with Crippen molar-refractivity contribution >= 4 is 34.0 Å². The fourth-order valence-corrected chi connectivity index (χ4v) is 3.29. The smallest absolute Gasteiger partial charge is 0.0619 e. The fraction of sp³-hybridized carbons (Fsp3) is 0.375. The zero-order valence-corrected chi connectivity index (χ0v) is 11.9. The Balaban J connectivity index is 2.08. The summed E-state index contributed by atoms with van der Waals surface area (Å²) in [5.74, 6) is 1.35. The highest BCUT2D eigenvalue weighted by Gasteiger charge is 2.33. The lowest BCUT2D eigenvalue weighted by Crippen LogP contribution is -2.06. The molecule has 2 aromatic carbocycles. The highest BCUT2D eigenvalue weighted by atomic mass is 35.5. The van der Waals surface area contributed by atoms with Crippen molar-refractivity contribution in [2.24, 2.45) is 11.8 Å². The topological polar surface area (TPSA) is 0 Å². The first kappa shape index (κ1) is 12.3. The van der Waals surface area contributed by atoms with Gasteiger partial charge < -0.3 is 0 Å². The molecule has 94 valence electrons. The molecule has 2 heteroatoms. The molecular weight excluding hydrogens is 263 g/mol. The second-order valence-electron chi connectivity index (χ2n) is 5.28. The first-order valence-electron chi connectivity index (χ1n) is 6.49. The van der Waals surface area contributed by atoms with Crippen LogP contribution in [0.1, 0.15) is 30.7 Å². The van der Waals surface area contributed by atoms with Crippen LogP contribution in [0.2, 0.25) is 5.02 Å². The van der Waals surface area contributed by atoms with E-state index in [1.807, 2.05) is 18.2 Å². The van der Waals surface area contributed by atoms with E-state index in [0.29, 0.717) is 5.92 Å². The number of hydrogen-bond donors (Lipinski definition) is 0. The summed E-state index contributed by atoms with van der Waals surface area (Å²) in [6, 6.07) is 12.3. The summed E-state index contributed by atoms with van der Waals surface area (Å²) in [5, 5.41) is 3.18. The molecule has 2 atom stereocenters. The van der Waals surface area contributed by atoms with E-state index >= 15 is 0 Å². The summed E-state index contributed by atoms with van der Waals surface area (Å²) >= 11 is 12.9. The molecule has 1 fully saturated rings. The van der Waals surface area contributed by atoms with E-state index in [1.165, 1.54) is 23.8 Å². The lowest BCUT2D eigenvalue weighted by Gasteiger charge is -2.20. The van der Waals surface area contributed by atoms with Crippen molar-refractivity contribution in [3.8, 4) is 0 Å². The van der Waals surface area contributed by atoms with Gasteiger partial charge in [0, 0.05) is 10.4 Å². The Morgan fingerprint density at radius 2 is 1.72 bits per heavy atom. The van der Waals surface area contributed by atoms with Crippen LogP contribution in [0.4, 0.5) is 0 Å². The van der Waals surface area contributed by atoms with E-state index in [2.05, 4.69) is 25.1 Å². The van der Waals surface area contributed by atoms with Crippen LogP contribution in [0.25, 0.3) is 10.8 Å². The number of hydrogen-bond acceptors (Lipinski definition) is 0. The molecule has 0 aromatic heterocycles. The molecule has 1 aliphatic carbocycles. The van der Waals surface area contributed by atoms with Crippen LogP contribution in [0, 0.1) is 11.8 Å². The largest absolute Gasteiger partial charge is 0.117 e. The minimum atomic E-state index is 0.0830. The molecule has 0 saturated heterocycles. The molecule has 0 N–H and O–H groups in total. The number of halogens is 2. The molecule has 0 spiro atoms. The molecule has 3 rings (SSSR count). The number of rotatable bonds is 3. The molecule has 18 heavy (non-hydrogen) atoms. The predicted molar refractivity (Wildman–Crippen MR) is 79.4 cm³/mol. The number of benzene rings is 2. The van der Waals surface area contributed by atoms with Crippen LogP contribution in [0.15, 0.2) is 36.4 Å². The minimum Gasteiger partial charge on any atom is -0.117 e. The van der Waals surface area contributed by atoms with Gasteiger partial charge in [-0.1, -0.05) is 48.9 Å². The van der Waals surface area contributed by atoms with E-state index in [4.69, 9.17) is 23.2 Å². The molecule has 0 nitrogen and oxygen atoms in total. The number of alkyl halides is 1. The maximum absolute atomic E-state index is 6.68. The van der Waals surface area contributed by atoms with Gasteiger partial charge in [0.1, 0.15) is 0 Å². The van der Waals surface area contributed by atoms with Gasteiger partial charge in [0.15, 0.2) is 0 Å². The monoisotopic (exact) mass is 278 g/mol. The average molecular weight is 279 g/mol. The molecular formula is C16H16Cl2. The first-order chi connectivity index (χ1) is 8.68. The second kappa shape index (κ2) is 4.75. The van der Waals surface area contributed by atoms with Crippen LogP contribution in [0.5, 0.6) is 0 Å². The fourth-order valence-electron chi connectivity index (χ4n) is 2.67. The van der Waals surface area contributed by atoms with E-state index in [1.54, 1.807) is 0 Å². The Morgan fingerprint density at radius 1 is 1.06 bits per heavy atom. The summed E-state index contributed by atoms with van der Waals surface area (Å²) < 4.78 is 0. The maximum Gasteiger partial charge on any atom is 0.0619 e. The molecule has 0 aliphatic heterocycles. The van der Waals surface area contributed by atoms with Crippen molar-refractivity contribution in [3.63, 3.8) is 0 Å². The third-order valence-corrected chi connectivity index (χ3v) is 4.99. The van der Waals surface area contributed by atoms with Crippen molar-refractivity contribution in [1.82, 2.24) is 0 Å². The molecule has 0 amide bonds. The van der Waals surface area contributed by atoms with E-state index in [9.17, 15) is 0 Å². The summed E-state index contributed by atoms with van der Waals surface area (Å²) in [6.07, 6.45) is 2.66. The van der Waals surface area contributed by atoms with Gasteiger partial charge in [-0.2, -0.15) is 0 Å². The van der Waals surface area contributed by atoms with E-state index < -0.39 is 0 Å². The van der Waals surface area contributed by atoms with Crippen LogP contribution in [0.3, 0.4) is 0 Å². The van der Waals surface area contributed by atoms with E-state index in [-0.39, 0.29) is 5.38 Å². The highest BCUT2D eigenvalue weighted by Crippen LogP contribution is 2.47. The van der Waals surface area contributed by atoms with Crippen molar-refractivity contribution in [2.45, 2.75) is 25.1 Å². The average Bonchev–Trinajstić information content (AvgIpc) is 3.22. The third kappa shape index (κ3) is 2.13. The molecule has 2 aromatic rings. The summed E-state index contributed by atoms with van der Waals surface area (Å²) in [5.41, 5.74) is 1.22. The molecule has 1 aliphatic rings. The number of fused-ring (bicyclic) bond motifs is 1. The van der Waals surface area contributed by atoms with Crippen LogP contribution >= 0.6 is 23.2 Å². The van der Waals surface area contributed by atoms with Crippen LogP contribution in [-0.4, -0.2) is 0 Å². The zero-order chi connectivity index (χ0) is 12.7. The molecule has 0 heterocycles. The van der Waals surface area contributed by atoms with Crippen molar-refractivity contribution in [2.75, 3.05) is 0 Å². The van der Waals surface area contributed by atoms with Gasteiger partial charge in [-0.15, -0.1) is 11.6 Å². The Hall–Kier alpha value is -0.720. The third-order valence-electron chi connectivity index (χ3n) is 4.03. The van der Waals surface area contributed by atoms with Crippen molar-refractivity contribution in [1.29, 1.82) is 0 Å². The SMILES string of the molecule is CC(C1CC1)C(Cl)c1ccc(Cl)c2ccccc12. The molecule has 0 bridgehead atoms. The molecule has 0 radical (unpaired) electrons. The quantitative estimate of drug-likeness (QED) is 0.621. The van der Waals surface area contributed by atoms with E-state index in [0.717, 1.165) is 16.3 Å². The lowest BCUT2D eigenvalue weighted by atomic mass is 9.92. The summed E-state index contributed by atoms with van der Waals surface area (Å²) in [6.45, 7) is 2.26. The Morgan fingerprint density at radius 3 is 2.39 bits per heavy atom. The standard InChI is InChI=1S/C16H16Cl2/c1-10(11-6-7-11)16(18)14-8-9-15(17)13-5-3-2-4-12(13)14/h2-5,8-11,16H,6-7H2,1H3. The Bertz CT molecular complexity index is 572. The first-order valence-corrected chi connectivity index (χ1v) is 7.31.